The minimum absolute atomic E-state index is 0.0753. The van der Waals surface area contributed by atoms with Gasteiger partial charge >= 0.3 is 5.97 Å². The monoisotopic (exact) mass is 633 g/mol. The molecule has 0 radical (unpaired) electrons. The van der Waals surface area contributed by atoms with E-state index in [-0.39, 0.29) is 39.0 Å². The summed E-state index contributed by atoms with van der Waals surface area (Å²) < 4.78 is 51.4. The predicted octanol–water partition coefficient (Wildman–Crippen LogP) is 7.08. The van der Waals surface area contributed by atoms with Gasteiger partial charge in [0.05, 0.1) is 35.5 Å². The number of nitrogens with one attached hydrogen (secondary N) is 2. The summed E-state index contributed by atoms with van der Waals surface area (Å²) in [7, 11) is 1.20. The number of anilines is 1. The van der Waals surface area contributed by atoms with Crippen molar-refractivity contribution in [3.63, 3.8) is 0 Å². The predicted molar refractivity (Wildman–Crippen MR) is 156 cm³/mol. The Morgan fingerprint density at radius 3 is 2.40 bits per heavy atom. The van der Waals surface area contributed by atoms with E-state index in [1.54, 1.807) is 0 Å². The quantitative estimate of drug-likeness (QED) is 0.256. The van der Waals surface area contributed by atoms with Crippen LogP contribution in [-0.4, -0.2) is 36.2 Å². The van der Waals surface area contributed by atoms with Gasteiger partial charge in [-0.2, -0.15) is 5.26 Å². The van der Waals surface area contributed by atoms with Crippen molar-refractivity contribution in [2.24, 2.45) is 5.41 Å². The molecule has 0 saturated carbocycles. The highest BCUT2D eigenvalue weighted by molar-refractivity contribution is 6.31. The van der Waals surface area contributed by atoms with Crippen LogP contribution in [0.5, 0.6) is 5.75 Å². The number of nitrogens with zero attached hydrogens (tertiary/aromatic N) is 1. The zero-order valence-corrected chi connectivity index (χ0v) is 25.1. The van der Waals surface area contributed by atoms with Crippen LogP contribution in [0, 0.1) is 34.2 Å². The Morgan fingerprint density at radius 2 is 1.81 bits per heavy atom. The Balaban J connectivity index is 1.96. The van der Waals surface area contributed by atoms with E-state index in [0.717, 1.165) is 18.2 Å². The number of halogens is 5. The summed E-state index contributed by atoms with van der Waals surface area (Å²) in [6.45, 7) is 5.69. The van der Waals surface area contributed by atoms with Crippen molar-refractivity contribution < 1.29 is 32.6 Å². The van der Waals surface area contributed by atoms with Crippen LogP contribution in [0.25, 0.3) is 0 Å². The van der Waals surface area contributed by atoms with Gasteiger partial charge in [-0.3, -0.25) is 4.79 Å². The van der Waals surface area contributed by atoms with Crippen LogP contribution >= 0.6 is 23.2 Å². The number of nitriles is 1. The minimum atomic E-state index is -1.86. The van der Waals surface area contributed by atoms with Crippen LogP contribution in [-0.2, 0) is 10.2 Å². The highest BCUT2D eigenvalue weighted by Crippen LogP contribution is 2.53. The lowest BCUT2D eigenvalue weighted by Crippen LogP contribution is -2.45. The lowest BCUT2D eigenvalue weighted by atomic mass is 9.62. The first kappa shape index (κ1) is 32.1. The molecule has 0 bridgehead atoms. The molecule has 226 valence electrons. The third kappa shape index (κ3) is 6.03. The summed E-state index contributed by atoms with van der Waals surface area (Å²) in [4.78, 5) is 25.5. The van der Waals surface area contributed by atoms with Gasteiger partial charge in [-0.05, 0) is 41.7 Å². The van der Waals surface area contributed by atoms with E-state index < -0.39 is 63.7 Å². The van der Waals surface area contributed by atoms with Gasteiger partial charge in [-0.25, -0.2) is 18.0 Å². The number of amides is 1. The normalized spacial score (nSPS) is 21.7. The molecule has 1 heterocycles. The van der Waals surface area contributed by atoms with Gasteiger partial charge in [0, 0.05) is 28.6 Å². The first-order chi connectivity index (χ1) is 20.1. The zero-order chi connectivity index (χ0) is 31.9. The summed E-state index contributed by atoms with van der Waals surface area (Å²) in [6, 6.07) is 9.57. The van der Waals surface area contributed by atoms with E-state index in [1.807, 2.05) is 20.8 Å². The highest BCUT2D eigenvalue weighted by Gasteiger charge is 2.61. The van der Waals surface area contributed by atoms with E-state index in [4.69, 9.17) is 27.9 Å². The molecular formula is C31H28Cl2F3N3O4. The topological polar surface area (TPSA) is 111 Å². The molecule has 1 amide bonds. The molecule has 12 heteroatoms. The van der Waals surface area contributed by atoms with Crippen LogP contribution in [0.3, 0.4) is 0 Å². The van der Waals surface area contributed by atoms with E-state index in [2.05, 4.69) is 16.7 Å². The van der Waals surface area contributed by atoms with Crippen molar-refractivity contribution in [1.29, 1.82) is 5.26 Å². The second kappa shape index (κ2) is 12.1. The summed E-state index contributed by atoms with van der Waals surface area (Å²) in [5, 5.41) is 25.7. The van der Waals surface area contributed by atoms with Crippen LogP contribution in [0.1, 0.15) is 54.6 Å². The molecule has 1 aliphatic rings. The molecule has 0 unspecified atom stereocenters. The number of methoxy groups -OCH3 is 1. The molecule has 3 aromatic carbocycles. The van der Waals surface area contributed by atoms with Crippen LogP contribution in [0.2, 0.25) is 10.0 Å². The molecule has 4 atom stereocenters. The molecule has 0 spiro atoms. The second-order valence-corrected chi connectivity index (χ2v) is 12.4. The van der Waals surface area contributed by atoms with Gasteiger partial charge in [0.25, 0.3) is 0 Å². The van der Waals surface area contributed by atoms with E-state index >= 15 is 8.78 Å². The van der Waals surface area contributed by atoms with Gasteiger partial charge in [0.15, 0.2) is 0 Å². The maximum atomic E-state index is 15.8. The Labute approximate surface area is 256 Å². The van der Waals surface area contributed by atoms with Crippen molar-refractivity contribution in [3.05, 3.63) is 92.7 Å². The van der Waals surface area contributed by atoms with Crippen LogP contribution in [0.4, 0.5) is 18.9 Å². The number of aromatic carboxylic acids is 1. The van der Waals surface area contributed by atoms with Gasteiger partial charge in [-0.1, -0.05) is 62.2 Å². The van der Waals surface area contributed by atoms with Crippen molar-refractivity contribution in [1.82, 2.24) is 5.32 Å². The molecule has 1 fully saturated rings. The third-order valence-electron chi connectivity index (χ3n) is 7.51. The number of rotatable bonds is 7. The highest BCUT2D eigenvalue weighted by atomic mass is 35.5. The van der Waals surface area contributed by atoms with Gasteiger partial charge < -0.3 is 20.5 Å². The van der Waals surface area contributed by atoms with Gasteiger partial charge in [-0.15, -0.1) is 0 Å². The molecule has 1 aliphatic heterocycles. The number of hydrogen-bond acceptors (Lipinski definition) is 5. The maximum absolute atomic E-state index is 15.8. The average molecular weight is 634 g/mol. The Morgan fingerprint density at radius 1 is 1.12 bits per heavy atom. The molecule has 0 aromatic heterocycles. The molecule has 7 nitrogen and oxygen atoms in total. The molecule has 4 rings (SSSR count). The fourth-order valence-electron chi connectivity index (χ4n) is 5.75. The van der Waals surface area contributed by atoms with E-state index in [9.17, 15) is 24.3 Å². The molecular weight excluding hydrogens is 606 g/mol. The smallest absolute Gasteiger partial charge is 0.338 e. The number of carbonyl (C=O) groups excluding carboxylic acids is 1. The number of hydrogen-bond donors (Lipinski definition) is 3. The molecule has 1 saturated heterocycles. The zero-order valence-electron chi connectivity index (χ0n) is 23.6. The first-order valence-electron chi connectivity index (χ1n) is 13.1. The number of carboxylic acid groups (broad SMARTS) is 1. The lowest BCUT2D eigenvalue weighted by molar-refractivity contribution is -0.118. The molecule has 3 N–H and O–H groups in total. The molecule has 0 aliphatic carbocycles. The number of carbonyl (C=O) groups is 2. The summed E-state index contributed by atoms with van der Waals surface area (Å²) in [5.41, 5.74) is -3.42. The van der Waals surface area contributed by atoms with Crippen molar-refractivity contribution >= 4 is 40.8 Å². The summed E-state index contributed by atoms with van der Waals surface area (Å²) in [5.74, 6) is -6.75. The molecule has 43 heavy (non-hydrogen) atoms. The fraction of sp³-hybridized carbons (Fsp3) is 0.323. The number of benzene rings is 3. The lowest BCUT2D eigenvalue weighted by Gasteiger charge is -2.37. The van der Waals surface area contributed by atoms with E-state index in [0.29, 0.717) is 0 Å². The fourth-order valence-corrected chi connectivity index (χ4v) is 6.09. The Bertz CT molecular complexity index is 1640. The number of ether oxygens (including phenoxy) is 1. The number of carboxylic acids is 1. The summed E-state index contributed by atoms with van der Waals surface area (Å²) >= 11 is 12.2. The van der Waals surface area contributed by atoms with E-state index in [1.165, 1.54) is 37.4 Å². The average Bonchev–Trinajstić information content (AvgIpc) is 3.23. The van der Waals surface area contributed by atoms with Crippen molar-refractivity contribution in [2.45, 2.75) is 50.6 Å². The van der Waals surface area contributed by atoms with Gasteiger partial charge in [0.1, 0.15) is 28.6 Å². The Hall–Kier alpha value is -3.78. The SMILES string of the molecule is COc1cc(C(=O)O)c(F)cc1NC(=O)[C@@H]1N[C@@H](CC(C)(C)C)[C@](C#N)(c2ccc(Cl)cc2F)[C@H]1c1cccc(Cl)c1F. The van der Waals surface area contributed by atoms with Crippen molar-refractivity contribution in [3.8, 4) is 11.8 Å². The maximum Gasteiger partial charge on any atom is 0.338 e. The first-order valence-corrected chi connectivity index (χ1v) is 13.9. The minimum Gasteiger partial charge on any atom is -0.495 e. The van der Waals surface area contributed by atoms with Gasteiger partial charge in [0.2, 0.25) is 5.91 Å². The second-order valence-electron chi connectivity index (χ2n) is 11.5. The van der Waals surface area contributed by atoms with Crippen molar-refractivity contribution in [2.75, 3.05) is 12.4 Å². The standard InChI is InChI=1S/C31H28Cl2F3N3O4/c1-30(2,3)13-24-31(14-37,18-9-8-15(32)10-21(18)35)25(16-6-5-7-19(33)26(16)36)27(39-24)28(40)38-22-12-20(34)17(29(41)42)11-23(22)43-4/h5-12,24-25,27,39H,13H2,1-4H3,(H,38,40)(H,41,42)/t24-,25-,27+,31-/m0/s1. The molecule has 3 aromatic rings. The van der Waals surface area contributed by atoms with Crippen LogP contribution < -0.4 is 15.4 Å². The van der Waals surface area contributed by atoms with Crippen LogP contribution in [0.15, 0.2) is 48.5 Å². The largest absolute Gasteiger partial charge is 0.495 e. The summed E-state index contributed by atoms with van der Waals surface area (Å²) in [6.07, 6.45) is 0.246. The Kier molecular flexibility index (Phi) is 9.03. The third-order valence-corrected chi connectivity index (χ3v) is 8.04.